The zero-order valence-corrected chi connectivity index (χ0v) is 15.0. The molecule has 0 heterocycles. The summed E-state index contributed by atoms with van der Waals surface area (Å²) in [7, 11) is 0. The van der Waals surface area contributed by atoms with Gasteiger partial charge in [0.05, 0.1) is 5.56 Å². The summed E-state index contributed by atoms with van der Waals surface area (Å²) in [4.78, 5) is 0. The van der Waals surface area contributed by atoms with Crippen LogP contribution in [0.25, 0.3) is 0 Å². The van der Waals surface area contributed by atoms with E-state index in [0.29, 0.717) is 0 Å². The van der Waals surface area contributed by atoms with E-state index >= 15 is 0 Å². The zero-order valence-electron chi connectivity index (χ0n) is 15.0. The number of rotatable bonds is 9. The molecule has 1 aromatic carbocycles. The van der Waals surface area contributed by atoms with E-state index in [1.165, 1.54) is 69.4 Å². The van der Waals surface area contributed by atoms with Crippen molar-refractivity contribution < 1.29 is 4.39 Å². The minimum absolute atomic E-state index is 0.136. The Balaban J connectivity index is 1.69. The fourth-order valence-corrected chi connectivity index (χ4v) is 3.58. The number of nitriles is 1. The molecule has 0 bridgehead atoms. The van der Waals surface area contributed by atoms with Crippen LogP contribution in [0.1, 0.15) is 82.3 Å². The largest absolute Gasteiger partial charge is 0.206 e. The molecular formula is C22H30FN. The van der Waals surface area contributed by atoms with E-state index in [-0.39, 0.29) is 5.56 Å². The van der Waals surface area contributed by atoms with Gasteiger partial charge < -0.3 is 0 Å². The Labute approximate surface area is 146 Å². The molecule has 0 aliphatic heterocycles. The van der Waals surface area contributed by atoms with Crippen LogP contribution >= 0.6 is 0 Å². The third kappa shape index (κ3) is 6.11. The van der Waals surface area contributed by atoms with E-state index in [4.69, 9.17) is 5.26 Å². The Morgan fingerprint density at radius 2 is 2.00 bits per heavy atom. The molecule has 1 aliphatic rings. The first-order valence-electron chi connectivity index (χ1n) is 9.59. The van der Waals surface area contributed by atoms with Crippen molar-refractivity contribution in [3.63, 3.8) is 0 Å². The van der Waals surface area contributed by atoms with Gasteiger partial charge in [0, 0.05) is 0 Å². The van der Waals surface area contributed by atoms with Crippen molar-refractivity contribution in [2.45, 2.75) is 77.6 Å². The lowest BCUT2D eigenvalue weighted by atomic mass is 9.84. The predicted octanol–water partition coefficient (Wildman–Crippen LogP) is 6.72. The standard InChI is InChI=1S/C22H30FN/c1-2-3-4-5-6-7-18-8-10-19(11-9-18)12-13-20-14-15-21(17-24)22(23)16-20/h10,14-16,18H,2-9,11-13H2,1H3. The Hall–Kier alpha value is -1.62. The van der Waals surface area contributed by atoms with Crippen molar-refractivity contribution in [3.05, 3.63) is 46.8 Å². The molecule has 0 saturated carbocycles. The molecule has 1 aliphatic carbocycles. The fraction of sp³-hybridized carbons (Fsp3) is 0.591. The smallest absolute Gasteiger partial charge is 0.141 e. The molecule has 1 atom stereocenters. The Bertz CT molecular complexity index is 582. The van der Waals surface area contributed by atoms with Gasteiger partial charge in [-0.2, -0.15) is 5.26 Å². The highest BCUT2D eigenvalue weighted by Gasteiger charge is 2.14. The third-order valence-corrected chi connectivity index (χ3v) is 5.22. The van der Waals surface area contributed by atoms with Crippen molar-refractivity contribution in [2.24, 2.45) is 5.92 Å². The molecular weight excluding hydrogens is 297 g/mol. The first-order chi connectivity index (χ1) is 11.7. The molecule has 0 amide bonds. The van der Waals surface area contributed by atoms with Gasteiger partial charge >= 0.3 is 0 Å². The maximum atomic E-state index is 13.6. The monoisotopic (exact) mass is 327 g/mol. The topological polar surface area (TPSA) is 23.8 Å². The Morgan fingerprint density at radius 3 is 2.67 bits per heavy atom. The van der Waals surface area contributed by atoms with Crippen molar-refractivity contribution in [2.75, 3.05) is 0 Å². The lowest BCUT2D eigenvalue weighted by molar-refractivity contribution is 0.410. The summed E-state index contributed by atoms with van der Waals surface area (Å²) in [6, 6.07) is 6.86. The van der Waals surface area contributed by atoms with E-state index in [2.05, 4.69) is 13.0 Å². The SMILES string of the molecule is CCCCCCCC1CC=C(CCc2ccc(C#N)c(F)c2)CC1. The molecule has 0 radical (unpaired) electrons. The van der Waals surface area contributed by atoms with Crippen LogP contribution in [0.2, 0.25) is 0 Å². The normalized spacial score (nSPS) is 17.4. The highest BCUT2D eigenvalue weighted by atomic mass is 19.1. The second kappa shape index (κ2) is 10.3. The van der Waals surface area contributed by atoms with Crippen LogP contribution in [0.3, 0.4) is 0 Å². The number of halogens is 1. The first-order valence-corrected chi connectivity index (χ1v) is 9.59. The van der Waals surface area contributed by atoms with Crippen molar-refractivity contribution in [3.8, 4) is 6.07 Å². The zero-order chi connectivity index (χ0) is 17.2. The number of nitrogens with zero attached hydrogens (tertiary/aromatic N) is 1. The quantitative estimate of drug-likeness (QED) is 0.365. The number of hydrogen-bond acceptors (Lipinski definition) is 1. The Kier molecular flexibility index (Phi) is 8.02. The van der Waals surface area contributed by atoms with Gasteiger partial charge in [-0.25, -0.2) is 4.39 Å². The lowest BCUT2D eigenvalue weighted by Gasteiger charge is -2.22. The van der Waals surface area contributed by atoms with Gasteiger partial charge in [0.1, 0.15) is 11.9 Å². The first kappa shape index (κ1) is 18.7. The number of aryl methyl sites for hydroxylation is 1. The van der Waals surface area contributed by atoms with Gasteiger partial charge in [0.25, 0.3) is 0 Å². The van der Waals surface area contributed by atoms with Gasteiger partial charge in [0.2, 0.25) is 0 Å². The van der Waals surface area contributed by atoms with Crippen molar-refractivity contribution >= 4 is 0 Å². The van der Waals surface area contributed by atoms with Crippen molar-refractivity contribution in [1.82, 2.24) is 0 Å². The summed E-state index contributed by atoms with van der Waals surface area (Å²) < 4.78 is 13.6. The molecule has 0 N–H and O–H groups in total. The Morgan fingerprint density at radius 1 is 1.17 bits per heavy atom. The number of unbranched alkanes of at least 4 members (excludes halogenated alkanes) is 4. The molecule has 0 fully saturated rings. The number of hydrogen-bond donors (Lipinski definition) is 0. The van der Waals surface area contributed by atoms with Crippen LogP contribution < -0.4 is 0 Å². The fourth-order valence-electron chi connectivity index (χ4n) is 3.58. The van der Waals surface area contributed by atoms with Crippen LogP contribution in [-0.4, -0.2) is 0 Å². The summed E-state index contributed by atoms with van der Waals surface area (Å²) in [6.07, 6.45) is 16.3. The van der Waals surface area contributed by atoms with Crippen LogP contribution in [0.15, 0.2) is 29.8 Å². The van der Waals surface area contributed by atoms with Crippen molar-refractivity contribution in [1.29, 1.82) is 5.26 Å². The van der Waals surface area contributed by atoms with Crippen LogP contribution in [0.5, 0.6) is 0 Å². The lowest BCUT2D eigenvalue weighted by Crippen LogP contribution is -2.06. The third-order valence-electron chi connectivity index (χ3n) is 5.22. The summed E-state index contributed by atoms with van der Waals surface area (Å²) in [6.45, 7) is 2.26. The van der Waals surface area contributed by atoms with E-state index < -0.39 is 5.82 Å². The molecule has 2 heteroatoms. The van der Waals surface area contributed by atoms with E-state index in [0.717, 1.165) is 24.3 Å². The molecule has 130 valence electrons. The van der Waals surface area contributed by atoms with Gasteiger partial charge in [-0.1, -0.05) is 63.2 Å². The van der Waals surface area contributed by atoms with E-state index in [1.54, 1.807) is 6.07 Å². The maximum absolute atomic E-state index is 13.6. The second-order valence-corrected chi connectivity index (χ2v) is 7.13. The average Bonchev–Trinajstić information content (AvgIpc) is 2.61. The molecule has 0 aromatic heterocycles. The minimum atomic E-state index is -0.393. The highest BCUT2D eigenvalue weighted by molar-refractivity contribution is 5.33. The summed E-state index contributed by atoms with van der Waals surface area (Å²) in [5, 5.41) is 8.77. The number of allylic oxidation sites excluding steroid dienone is 2. The molecule has 1 unspecified atom stereocenters. The summed E-state index contributed by atoms with van der Waals surface area (Å²) >= 11 is 0. The molecule has 24 heavy (non-hydrogen) atoms. The van der Waals surface area contributed by atoms with Gasteiger partial charge in [-0.05, 0) is 55.7 Å². The predicted molar refractivity (Wildman–Crippen MR) is 98.2 cm³/mol. The van der Waals surface area contributed by atoms with Crippen LogP contribution in [0, 0.1) is 23.1 Å². The summed E-state index contributed by atoms with van der Waals surface area (Å²) in [5.41, 5.74) is 2.66. The second-order valence-electron chi connectivity index (χ2n) is 7.13. The molecule has 0 saturated heterocycles. The van der Waals surface area contributed by atoms with E-state index in [9.17, 15) is 4.39 Å². The van der Waals surface area contributed by atoms with Crippen LogP contribution in [-0.2, 0) is 6.42 Å². The molecule has 0 spiro atoms. The summed E-state index contributed by atoms with van der Waals surface area (Å²) in [5.74, 6) is 0.485. The molecule has 2 rings (SSSR count). The maximum Gasteiger partial charge on any atom is 0.141 e. The molecule has 1 nitrogen and oxygen atoms in total. The molecule has 1 aromatic rings. The highest BCUT2D eigenvalue weighted by Crippen LogP contribution is 2.30. The van der Waals surface area contributed by atoms with Gasteiger partial charge in [-0.3, -0.25) is 0 Å². The van der Waals surface area contributed by atoms with E-state index in [1.807, 2.05) is 12.1 Å². The average molecular weight is 327 g/mol. The van der Waals surface area contributed by atoms with Gasteiger partial charge in [0.15, 0.2) is 0 Å². The van der Waals surface area contributed by atoms with Gasteiger partial charge in [-0.15, -0.1) is 0 Å². The van der Waals surface area contributed by atoms with Crippen LogP contribution in [0.4, 0.5) is 4.39 Å². The number of benzene rings is 1. The minimum Gasteiger partial charge on any atom is -0.206 e.